The van der Waals surface area contributed by atoms with E-state index in [-0.39, 0.29) is 24.0 Å². The minimum atomic E-state index is -2.32. The van der Waals surface area contributed by atoms with E-state index in [1.54, 1.807) is 30.3 Å². The molecule has 1 heterocycles. The van der Waals surface area contributed by atoms with E-state index in [4.69, 9.17) is 9.57 Å². The predicted octanol–water partition coefficient (Wildman–Crippen LogP) is 4.27. The summed E-state index contributed by atoms with van der Waals surface area (Å²) in [5, 5.41) is 6.63. The third-order valence-electron chi connectivity index (χ3n) is 4.13. The lowest BCUT2D eigenvalue weighted by atomic mass is 10.0. The molecule has 2 rings (SSSR count). The number of hydrogen-bond acceptors (Lipinski definition) is 7. The van der Waals surface area contributed by atoms with E-state index < -0.39 is 24.2 Å². The lowest BCUT2D eigenvalue weighted by Crippen LogP contribution is -2.29. The predicted molar refractivity (Wildman–Crippen MR) is 115 cm³/mol. The fourth-order valence-corrected chi connectivity index (χ4v) is 3.35. The van der Waals surface area contributed by atoms with Gasteiger partial charge in [0.2, 0.25) is 5.88 Å². The first-order valence-corrected chi connectivity index (χ1v) is 10.6. The van der Waals surface area contributed by atoms with Crippen molar-refractivity contribution in [2.24, 2.45) is 5.16 Å². The van der Waals surface area contributed by atoms with Crippen LogP contribution in [0.2, 0.25) is 0 Å². The molecule has 2 aromatic rings. The summed E-state index contributed by atoms with van der Waals surface area (Å²) in [6, 6.07) is 8.71. The van der Waals surface area contributed by atoms with Crippen molar-refractivity contribution in [2.45, 2.75) is 31.5 Å². The number of carbonyl (C=O) groups is 1. The molecule has 0 atom stereocenters. The van der Waals surface area contributed by atoms with Crippen LogP contribution in [0.25, 0.3) is 0 Å². The monoisotopic (exact) mass is 468 g/mol. The highest BCUT2D eigenvalue weighted by atomic mass is 32.2. The molecule has 1 aromatic carbocycles. The maximum Gasteiger partial charge on any atom is 0.301 e. The minimum Gasteiger partial charge on any atom is -0.473 e. The van der Waals surface area contributed by atoms with Gasteiger partial charge in [-0.05, 0) is 12.0 Å². The van der Waals surface area contributed by atoms with Crippen molar-refractivity contribution < 1.29 is 27.5 Å². The summed E-state index contributed by atoms with van der Waals surface area (Å²) in [5.74, 6) is -1.53. The first kappa shape index (κ1) is 25.2. The Bertz CT molecular complexity index is 998. The third kappa shape index (κ3) is 7.26. The average molecular weight is 469 g/mol. The van der Waals surface area contributed by atoms with E-state index in [1.165, 1.54) is 14.2 Å². The van der Waals surface area contributed by atoms with E-state index in [2.05, 4.69) is 20.4 Å². The molecule has 172 valence electrons. The van der Waals surface area contributed by atoms with E-state index in [9.17, 15) is 18.0 Å². The van der Waals surface area contributed by atoms with Gasteiger partial charge in [0.05, 0.1) is 0 Å². The number of halogens is 3. The fraction of sp³-hybridized carbons (Fsp3) is 0.333. The molecular weight excluding hydrogens is 445 g/mol. The maximum atomic E-state index is 13.0. The zero-order valence-corrected chi connectivity index (χ0v) is 18.6. The van der Waals surface area contributed by atoms with Gasteiger partial charge >= 0.3 is 6.08 Å². The largest absolute Gasteiger partial charge is 0.473 e. The second-order valence-corrected chi connectivity index (χ2v) is 7.31. The third-order valence-corrected chi connectivity index (χ3v) is 4.98. The molecule has 0 bridgehead atoms. The maximum absolute atomic E-state index is 13.0. The SMILES string of the molecule is CCc1cc(OCc2ccccc2/C(=N\OC)C(=O)NC)nc(SCCC(F)=C(F)F)n1. The number of allylic oxidation sites excluding steroid dienone is 1. The highest BCUT2D eigenvalue weighted by Gasteiger charge is 2.18. The van der Waals surface area contributed by atoms with Gasteiger partial charge < -0.3 is 14.9 Å². The fourth-order valence-electron chi connectivity index (χ4n) is 2.55. The molecule has 0 radical (unpaired) electrons. The number of hydrogen-bond donors (Lipinski definition) is 1. The van der Waals surface area contributed by atoms with Crippen molar-refractivity contribution in [1.29, 1.82) is 0 Å². The van der Waals surface area contributed by atoms with E-state index in [0.717, 1.165) is 11.8 Å². The van der Waals surface area contributed by atoms with E-state index >= 15 is 0 Å². The standard InChI is InChI=1S/C21H23F3N4O3S/c1-4-14-11-17(27-21(26-14)32-10-9-16(22)19(23)24)31-12-13-7-5-6-8-15(13)18(28-30-3)20(29)25-2/h5-8,11H,4,9-10,12H2,1-3H3,(H,25,29)/b28-18+. The van der Waals surface area contributed by atoms with Crippen LogP contribution in [0.1, 0.15) is 30.2 Å². The quantitative estimate of drug-likeness (QED) is 0.229. The number of carbonyl (C=O) groups excluding carboxylic acids is 1. The lowest BCUT2D eigenvalue weighted by molar-refractivity contribution is -0.114. The van der Waals surface area contributed by atoms with Crippen LogP contribution in [-0.4, -0.2) is 41.5 Å². The molecule has 7 nitrogen and oxygen atoms in total. The van der Waals surface area contributed by atoms with Crippen LogP contribution in [0.5, 0.6) is 5.88 Å². The Morgan fingerprint density at radius 1 is 1.22 bits per heavy atom. The molecule has 0 fully saturated rings. The highest BCUT2D eigenvalue weighted by Crippen LogP contribution is 2.23. The Hall–Kier alpha value is -3.08. The zero-order valence-electron chi connectivity index (χ0n) is 17.8. The van der Waals surface area contributed by atoms with E-state index in [0.29, 0.717) is 28.4 Å². The molecule has 32 heavy (non-hydrogen) atoms. The molecule has 0 aliphatic rings. The van der Waals surface area contributed by atoms with Crippen LogP contribution in [0.15, 0.2) is 52.6 Å². The molecule has 0 aliphatic heterocycles. The number of nitrogens with zero attached hydrogens (tertiary/aromatic N) is 3. The number of rotatable bonds is 11. The summed E-state index contributed by atoms with van der Waals surface area (Å²) in [5.41, 5.74) is 1.98. The van der Waals surface area contributed by atoms with Gasteiger partial charge in [-0.2, -0.15) is 13.8 Å². The summed E-state index contributed by atoms with van der Waals surface area (Å²) in [6.07, 6.45) is -2.14. The Labute approximate surface area is 188 Å². The number of nitrogens with one attached hydrogen (secondary N) is 1. The summed E-state index contributed by atoms with van der Waals surface area (Å²) < 4.78 is 43.3. The van der Waals surface area contributed by atoms with Gasteiger partial charge in [0.1, 0.15) is 13.7 Å². The van der Waals surface area contributed by atoms with Crippen molar-refractivity contribution in [1.82, 2.24) is 15.3 Å². The number of amides is 1. The van der Waals surface area contributed by atoms with Gasteiger partial charge in [-0.3, -0.25) is 4.79 Å². The van der Waals surface area contributed by atoms with Gasteiger partial charge in [-0.15, -0.1) is 0 Å². The van der Waals surface area contributed by atoms with Gasteiger partial charge in [-0.1, -0.05) is 48.1 Å². The number of aryl methyl sites for hydroxylation is 1. The Balaban J connectivity index is 2.19. The second kappa shape index (κ2) is 12.7. The first-order valence-electron chi connectivity index (χ1n) is 9.64. The van der Waals surface area contributed by atoms with Gasteiger partial charge in [0.15, 0.2) is 16.7 Å². The van der Waals surface area contributed by atoms with Gasteiger partial charge in [0, 0.05) is 36.5 Å². The molecule has 1 aromatic heterocycles. The molecule has 11 heteroatoms. The number of likely N-dealkylation sites (N-methyl/N-ethyl adjacent to an activating group) is 1. The van der Waals surface area contributed by atoms with Crippen LogP contribution >= 0.6 is 11.8 Å². The van der Waals surface area contributed by atoms with Gasteiger partial charge in [0.25, 0.3) is 5.91 Å². The summed E-state index contributed by atoms with van der Waals surface area (Å²) >= 11 is 1.05. The molecule has 1 N–H and O–H groups in total. The molecule has 0 unspecified atom stereocenters. The number of ether oxygens (including phenoxy) is 1. The normalized spacial score (nSPS) is 11.1. The first-order chi connectivity index (χ1) is 15.4. The summed E-state index contributed by atoms with van der Waals surface area (Å²) in [6.45, 7) is 1.97. The van der Waals surface area contributed by atoms with Crippen LogP contribution in [0.3, 0.4) is 0 Å². The van der Waals surface area contributed by atoms with Crippen LogP contribution < -0.4 is 10.1 Å². The van der Waals surface area contributed by atoms with Crippen molar-refractivity contribution in [2.75, 3.05) is 19.9 Å². The topological polar surface area (TPSA) is 85.7 Å². The number of benzene rings is 1. The Morgan fingerprint density at radius 3 is 2.62 bits per heavy atom. The highest BCUT2D eigenvalue weighted by molar-refractivity contribution is 7.99. The van der Waals surface area contributed by atoms with Crippen molar-refractivity contribution >= 4 is 23.4 Å². The molecule has 0 saturated carbocycles. The minimum absolute atomic E-state index is 0.0571. The van der Waals surface area contributed by atoms with Crippen LogP contribution in [-0.2, 0) is 22.7 Å². The number of aromatic nitrogens is 2. The molecule has 0 saturated heterocycles. The van der Waals surface area contributed by atoms with Crippen molar-refractivity contribution in [3.63, 3.8) is 0 Å². The smallest absolute Gasteiger partial charge is 0.301 e. The Kier molecular flexibility index (Phi) is 9.99. The molecule has 0 spiro atoms. The van der Waals surface area contributed by atoms with E-state index in [1.807, 2.05) is 6.92 Å². The number of thioether (sulfide) groups is 1. The number of oxime groups is 1. The average Bonchev–Trinajstić information content (AvgIpc) is 2.80. The Morgan fingerprint density at radius 2 is 1.97 bits per heavy atom. The van der Waals surface area contributed by atoms with Crippen molar-refractivity contribution in [3.05, 3.63) is 59.1 Å². The van der Waals surface area contributed by atoms with Crippen molar-refractivity contribution in [3.8, 4) is 5.88 Å². The molecular formula is C21H23F3N4O3S. The van der Waals surface area contributed by atoms with Crippen LogP contribution in [0.4, 0.5) is 13.2 Å². The zero-order chi connectivity index (χ0) is 23.5. The van der Waals surface area contributed by atoms with Gasteiger partial charge in [-0.25, -0.2) is 9.37 Å². The molecule has 0 aliphatic carbocycles. The molecule has 1 amide bonds. The lowest BCUT2D eigenvalue weighted by Gasteiger charge is -2.12. The van der Waals surface area contributed by atoms with Crippen LogP contribution in [0, 0.1) is 0 Å². The second-order valence-electron chi connectivity index (χ2n) is 6.24. The summed E-state index contributed by atoms with van der Waals surface area (Å²) in [7, 11) is 2.83. The summed E-state index contributed by atoms with van der Waals surface area (Å²) in [4.78, 5) is 25.6.